The Balaban J connectivity index is 2.53. The molecule has 0 amide bonds. The third-order valence-corrected chi connectivity index (χ3v) is 3.05. The smallest absolute Gasteiger partial charge is 0.0697 e. The van der Waals surface area contributed by atoms with E-state index < -0.39 is 0 Å². The van der Waals surface area contributed by atoms with Crippen LogP contribution in [0.5, 0.6) is 0 Å². The number of nitrogens with one attached hydrogen (secondary N) is 1. The molecule has 1 aromatic carbocycles. The zero-order chi connectivity index (χ0) is 12.2. The van der Waals surface area contributed by atoms with Gasteiger partial charge >= 0.3 is 0 Å². The van der Waals surface area contributed by atoms with Crippen LogP contribution in [0, 0.1) is 16.7 Å². The SMILES string of the molecule is CC(C)(C#N)CNCc1ccc(Br)cc1Cl. The Hall–Kier alpha value is -0.560. The molecular weight excluding hydrogens is 288 g/mol. The van der Waals surface area contributed by atoms with Crippen LogP contribution in [0.15, 0.2) is 22.7 Å². The molecule has 1 aromatic rings. The molecule has 1 rings (SSSR count). The molecule has 0 aliphatic rings. The van der Waals surface area contributed by atoms with Crippen molar-refractivity contribution >= 4 is 27.5 Å². The van der Waals surface area contributed by atoms with Gasteiger partial charge in [0.15, 0.2) is 0 Å². The molecule has 4 heteroatoms. The molecule has 0 spiro atoms. The molecule has 0 heterocycles. The number of hydrogen-bond acceptors (Lipinski definition) is 2. The first-order valence-corrected chi connectivity index (χ1v) is 6.17. The Kier molecular flexibility index (Phi) is 4.79. The van der Waals surface area contributed by atoms with E-state index in [-0.39, 0.29) is 5.41 Å². The molecule has 0 aromatic heterocycles. The summed E-state index contributed by atoms with van der Waals surface area (Å²) >= 11 is 9.44. The predicted molar refractivity (Wildman–Crippen MR) is 70.3 cm³/mol. The van der Waals surface area contributed by atoms with Gasteiger partial charge < -0.3 is 5.32 Å². The number of rotatable bonds is 4. The maximum absolute atomic E-state index is 8.86. The molecule has 0 fully saturated rings. The summed E-state index contributed by atoms with van der Waals surface area (Å²) in [6.07, 6.45) is 0. The molecule has 0 aliphatic carbocycles. The van der Waals surface area contributed by atoms with E-state index in [9.17, 15) is 0 Å². The van der Waals surface area contributed by atoms with Crippen LogP contribution in [-0.2, 0) is 6.54 Å². The minimum atomic E-state index is -0.345. The lowest BCUT2D eigenvalue weighted by Crippen LogP contribution is -2.27. The number of hydrogen-bond donors (Lipinski definition) is 1. The highest BCUT2D eigenvalue weighted by molar-refractivity contribution is 9.10. The van der Waals surface area contributed by atoms with Crippen LogP contribution in [0.2, 0.25) is 5.02 Å². The second-order valence-corrected chi connectivity index (χ2v) is 5.66. The van der Waals surface area contributed by atoms with Gasteiger partial charge in [-0.1, -0.05) is 33.6 Å². The van der Waals surface area contributed by atoms with Gasteiger partial charge in [0, 0.05) is 22.6 Å². The van der Waals surface area contributed by atoms with Crippen molar-refractivity contribution in [2.45, 2.75) is 20.4 Å². The lowest BCUT2D eigenvalue weighted by atomic mass is 9.96. The topological polar surface area (TPSA) is 35.8 Å². The largest absolute Gasteiger partial charge is 0.311 e. The fraction of sp³-hybridized carbons (Fsp3) is 0.417. The molecule has 0 atom stereocenters. The number of nitrogens with zero attached hydrogens (tertiary/aromatic N) is 1. The zero-order valence-electron chi connectivity index (χ0n) is 9.35. The van der Waals surface area contributed by atoms with Gasteiger partial charge in [0.1, 0.15) is 0 Å². The molecule has 0 saturated carbocycles. The van der Waals surface area contributed by atoms with Crippen LogP contribution < -0.4 is 5.32 Å². The summed E-state index contributed by atoms with van der Waals surface area (Å²) in [6, 6.07) is 8.05. The van der Waals surface area contributed by atoms with E-state index in [2.05, 4.69) is 27.3 Å². The van der Waals surface area contributed by atoms with Gasteiger partial charge in [0.25, 0.3) is 0 Å². The van der Waals surface area contributed by atoms with Crippen molar-refractivity contribution in [1.29, 1.82) is 5.26 Å². The molecule has 0 radical (unpaired) electrons. The van der Waals surface area contributed by atoms with Crippen molar-refractivity contribution in [3.05, 3.63) is 33.3 Å². The van der Waals surface area contributed by atoms with Gasteiger partial charge in [0.2, 0.25) is 0 Å². The lowest BCUT2D eigenvalue weighted by molar-refractivity contribution is 0.445. The summed E-state index contributed by atoms with van der Waals surface area (Å²) in [7, 11) is 0. The minimum absolute atomic E-state index is 0.345. The summed E-state index contributed by atoms with van der Waals surface area (Å²) in [6.45, 7) is 5.14. The minimum Gasteiger partial charge on any atom is -0.311 e. The van der Waals surface area contributed by atoms with Crippen molar-refractivity contribution in [2.75, 3.05) is 6.54 Å². The molecule has 0 unspecified atom stereocenters. The molecule has 0 aliphatic heterocycles. The number of nitriles is 1. The zero-order valence-corrected chi connectivity index (χ0v) is 11.7. The number of halogens is 2. The Labute approximate surface area is 110 Å². The summed E-state index contributed by atoms with van der Waals surface area (Å²) in [4.78, 5) is 0. The standard InChI is InChI=1S/C12H14BrClN2/c1-12(2,7-15)8-16-6-9-3-4-10(13)5-11(9)14/h3-5,16H,6,8H2,1-2H3. The number of benzene rings is 1. The van der Waals surface area contributed by atoms with E-state index in [0.717, 1.165) is 15.1 Å². The summed E-state index contributed by atoms with van der Waals surface area (Å²) in [5, 5.41) is 12.8. The lowest BCUT2D eigenvalue weighted by Gasteiger charge is -2.16. The maximum atomic E-state index is 8.86. The van der Waals surface area contributed by atoms with E-state index in [1.54, 1.807) is 0 Å². The Morgan fingerprint density at radius 2 is 2.19 bits per heavy atom. The Morgan fingerprint density at radius 1 is 1.50 bits per heavy atom. The fourth-order valence-corrected chi connectivity index (χ4v) is 1.95. The van der Waals surface area contributed by atoms with Gasteiger partial charge in [-0.05, 0) is 31.5 Å². The second-order valence-electron chi connectivity index (χ2n) is 4.33. The second kappa shape index (κ2) is 5.67. The molecule has 1 N–H and O–H groups in total. The van der Waals surface area contributed by atoms with Gasteiger partial charge in [-0.3, -0.25) is 0 Å². The van der Waals surface area contributed by atoms with E-state index >= 15 is 0 Å². The van der Waals surface area contributed by atoms with Crippen LogP contribution in [0.3, 0.4) is 0 Å². The third-order valence-electron chi connectivity index (χ3n) is 2.20. The quantitative estimate of drug-likeness (QED) is 0.919. The summed E-state index contributed by atoms with van der Waals surface area (Å²) in [5.74, 6) is 0. The highest BCUT2D eigenvalue weighted by atomic mass is 79.9. The normalized spacial score (nSPS) is 11.2. The first-order valence-electron chi connectivity index (χ1n) is 5.00. The average Bonchev–Trinajstić information content (AvgIpc) is 2.21. The summed E-state index contributed by atoms with van der Waals surface area (Å²) in [5.41, 5.74) is 0.695. The molecule has 0 saturated heterocycles. The molecule has 0 bridgehead atoms. The highest BCUT2D eigenvalue weighted by Crippen LogP contribution is 2.21. The molecule has 16 heavy (non-hydrogen) atoms. The van der Waals surface area contributed by atoms with E-state index in [1.165, 1.54) is 0 Å². The van der Waals surface area contributed by atoms with E-state index in [4.69, 9.17) is 16.9 Å². The Morgan fingerprint density at radius 3 is 2.75 bits per heavy atom. The van der Waals surface area contributed by atoms with Crippen LogP contribution in [0.4, 0.5) is 0 Å². The van der Waals surface area contributed by atoms with E-state index in [1.807, 2.05) is 32.0 Å². The van der Waals surface area contributed by atoms with Crippen molar-refractivity contribution in [3.63, 3.8) is 0 Å². The Bertz CT molecular complexity index is 410. The van der Waals surface area contributed by atoms with Crippen molar-refractivity contribution in [1.82, 2.24) is 5.32 Å². The third kappa shape index (κ3) is 4.13. The highest BCUT2D eigenvalue weighted by Gasteiger charge is 2.15. The van der Waals surface area contributed by atoms with Crippen molar-refractivity contribution in [2.24, 2.45) is 5.41 Å². The van der Waals surface area contributed by atoms with Gasteiger partial charge in [-0.25, -0.2) is 0 Å². The van der Waals surface area contributed by atoms with Crippen molar-refractivity contribution < 1.29 is 0 Å². The molecular formula is C12H14BrClN2. The van der Waals surface area contributed by atoms with Gasteiger partial charge in [-0.15, -0.1) is 0 Å². The van der Waals surface area contributed by atoms with E-state index in [0.29, 0.717) is 13.1 Å². The van der Waals surface area contributed by atoms with Crippen LogP contribution in [0.25, 0.3) is 0 Å². The fourth-order valence-electron chi connectivity index (χ4n) is 1.21. The van der Waals surface area contributed by atoms with Gasteiger partial charge in [0.05, 0.1) is 11.5 Å². The molecule has 2 nitrogen and oxygen atoms in total. The van der Waals surface area contributed by atoms with Crippen LogP contribution in [0.1, 0.15) is 19.4 Å². The maximum Gasteiger partial charge on any atom is 0.0697 e. The predicted octanol–water partition coefficient (Wildman–Crippen LogP) is 3.74. The van der Waals surface area contributed by atoms with Crippen LogP contribution >= 0.6 is 27.5 Å². The monoisotopic (exact) mass is 300 g/mol. The first kappa shape index (κ1) is 13.5. The molecule has 86 valence electrons. The summed E-state index contributed by atoms with van der Waals surface area (Å²) < 4.78 is 0.971. The van der Waals surface area contributed by atoms with Crippen molar-refractivity contribution in [3.8, 4) is 6.07 Å². The van der Waals surface area contributed by atoms with Gasteiger partial charge in [-0.2, -0.15) is 5.26 Å². The van der Waals surface area contributed by atoms with Crippen LogP contribution in [-0.4, -0.2) is 6.54 Å². The average molecular weight is 302 g/mol. The first-order chi connectivity index (χ1) is 7.44.